The fraction of sp³-hybridized carbons (Fsp3) is 0.625. The van der Waals surface area contributed by atoms with E-state index in [0.29, 0.717) is 32.0 Å². The first kappa shape index (κ1) is 16.2. The van der Waals surface area contributed by atoms with Crippen LogP contribution in [0.25, 0.3) is 0 Å². The second-order valence-electron chi connectivity index (χ2n) is 5.99. The second kappa shape index (κ2) is 7.20. The molecule has 1 N–H and O–H groups in total. The number of rotatable bonds is 6. The molecule has 0 unspecified atom stereocenters. The minimum Gasteiger partial charge on any atom is -0.383 e. The molecule has 4 nitrogen and oxygen atoms in total. The minimum absolute atomic E-state index is 0.168. The van der Waals surface area contributed by atoms with Crippen LogP contribution in [0.3, 0.4) is 0 Å². The van der Waals surface area contributed by atoms with Crippen LogP contribution in [0.2, 0.25) is 0 Å². The number of morpholine rings is 1. The second-order valence-corrected chi connectivity index (χ2v) is 5.99. The maximum atomic E-state index is 14.3. The van der Waals surface area contributed by atoms with Crippen molar-refractivity contribution in [2.75, 3.05) is 44.9 Å². The highest BCUT2D eigenvalue weighted by atomic mass is 19.1. The third-order valence-electron chi connectivity index (χ3n) is 3.59. The van der Waals surface area contributed by atoms with Crippen molar-refractivity contribution in [1.29, 1.82) is 0 Å². The Morgan fingerprint density at radius 1 is 1.43 bits per heavy atom. The Hall–Kier alpha value is -1.17. The predicted molar refractivity (Wildman–Crippen MR) is 82.2 cm³/mol. The van der Waals surface area contributed by atoms with E-state index in [-0.39, 0.29) is 11.4 Å². The van der Waals surface area contributed by atoms with Crippen LogP contribution in [-0.4, -0.2) is 45.6 Å². The Bertz CT molecular complexity index is 466. The van der Waals surface area contributed by atoms with E-state index >= 15 is 0 Å². The van der Waals surface area contributed by atoms with Gasteiger partial charge in [-0.25, -0.2) is 4.39 Å². The first-order valence-corrected chi connectivity index (χ1v) is 7.39. The largest absolute Gasteiger partial charge is 0.383 e. The van der Waals surface area contributed by atoms with Gasteiger partial charge in [0.05, 0.1) is 24.5 Å². The minimum atomic E-state index is -0.231. The first-order valence-electron chi connectivity index (χ1n) is 7.39. The molecule has 0 radical (unpaired) electrons. The molecule has 0 aromatic heterocycles. The lowest BCUT2D eigenvalue weighted by Crippen LogP contribution is -2.48. The van der Waals surface area contributed by atoms with Crippen molar-refractivity contribution in [2.24, 2.45) is 0 Å². The van der Waals surface area contributed by atoms with E-state index in [9.17, 15) is 4.39 Å². The fourth-order valence-corrected chi connectivity index (χ4v) is 2.55. The number of nitrogens with one attached hydrogen (secondary N) is 1. The number of methoxy groups -OCH3 is 1. The van der Waals surface area contributed by atoms with Gasteiger partial charge in [0.2, 0.25) is 0 Å². The Morgan fingerprint density at radius 2 is 2.24 bits per heavy atom. The smallest absolute Gasteiger partial charge is 0.146 e. The summed E-state index contributed by atoms with van der Waals surface area (Å²) in [6.07, 6.45) is 0. The Labute approximate surface area is 126 Å². The highest BCUT2D eigenvalue weighted by Gasteiger charge is 2.28. The molecule has 1 aliphatic rings. The molecule has 1 aromatic carbocycles. The van der Waals surface area contributed by atoms with Gasteiger partial charge < -0.3 is 19.7 Å². The van der Waals surface area contributed by atoms with Crippen LogP contribution in [-0.2, 0) is 16.0 Å². The highest BCUT2D eigenvalue weighted by molar-refractivity contribution is 5.50. The number of nitrogens with zero attached hydrogens (tertiary/aromatic N) is 1. The average molecular weight is 296 g/mol. The van der Waals surface area contributed by atoms with Gasteiger partial charge >= 0.3 is 0 Å². The first-order chi connectivity index (χ1) is 10.0. The van der Waals surface area contributed by atoms with E-state index in [1.54, 1.807) is 13.2 Å². The summed E-state index contributed by atoms with van der Waals surface area (Å²) in [5.41, 5.74) is 1.37. The molecule has 1 aliphatic heterocycles. The van der Waals surface area contributed by atoms with Crippen LogP contribution in [0.1, 0.15) is 19.4 Å². The number of hydrogen-bond acceptors (Lipinski definition) is 4. The summed E-state index contributed by atoms with van der Waals surface area (Å²) in [4.78, 5) is 2.06. The Morgan fingerprint density at radius 3 is 2.90 bits per heavy atom. The molecule has 21 heavy (non-hydrogen) atoms. The van der Waals surface area contributed by atoms with Gasteiger partial charge in [-0.05, 0) is 31.5 Å². The van der Waals surface area contributed by atoms with Crippen LogP contribution in [0.5, 0.6) is 0 Å². The average Bonchev–Trinajstić information content (AvgIpc) is 2.42. The summed E-state index contributed by atoms with van der Waals surface area (Å²) in [5, 5.41) is 3.22. The molecule has 1 heterocycles. The molecule has 5 heteroatoms. The Kier molecular flexibility index (Phi) is 5.56. The zero-order chi connectivity index (χ0) is 15.3. The van der Waals surface area contributed by atoms with Gasteiger partial charge in [0.15, 0.2) is 0 Å². The van der Waals surface area contributed by atoms with E-state index in [1.807, 2.05) is 26.0 Å². The van der Waals surface area contributed by atoms with E-state index in [0.717, 1.165) is 18.7 Å². The summed E-state index contributed by atoms with van der Waals surface area (Å²) in [6.45, 7) is 8.19. The molecule has 1 saturated heterocycles. The third kappa shape index (κ3) is 4.66. The number of benzene rings is 1. The Balaban J connectivity index is 1.98. The normalized spacial score (nSPS) is 18.0. The van der Waals surface area contributed by atoms with Gasteiger partial charge in [0.1, 0.15) is 5.82 Å². The predicted octanol–water partition coefficient (Wildman–Crippen LogP) is 2.18. The van der Waals surface area contributed by atoms with Crippen molar-refractivity contribution in [3.8, 4) is 0 Å². The van der Waals surface area contributed by atoms with Gasteiger partial charge in [-0.3, -0.25) is 0 Å². The number of ether oxygens (including phenoxy) is 2. The van der Waals surface area contributed by atoms with Gasteiger partial charge in [-0.1, -0.05) is 6.07 Å². The fourth-order valence-electron chi connectivity index (χ4n) is 2.55. The van der Waals surface area contributed by atoms with E-state index in [1.165, 1.54) is 0 Å². The molecule has 2 rings (SSSR count). The van der Waals surface area contributed by atoms with Crippen LogP contribution in [0.4, 0.5) is 10.1 Å². The molecular weight excluding hydrogens is 271 g/mol. The van der Waals surface area contributed by atoms with Crippen molar-refractivity contribution >= 4 is 5.69 Å². The zero-order valence-corrected chi connectivity index (χ0v) is 13.1. The van der Waals surface area contributed by atoms with E-state index in [4.69, 9.17) is 9.47 Å². The monoisotopic (exact) mass is 296 g/mol. The molecule has 0 amide bonds. The highest BCUT2D eigenvalue weighted by Crippen LogP contribution is 2.26. The summed E-state index contributed by atoms with van der Waals surface area (Å²) < 4.78 is 25.0. The standard InChI is InChI=1S/C16H25FN2O2/c1-16(2)12-19(7-9-21-16)15-5-4-13(10-14(15)17)11-18-6-8-20-3/h4-5,10,18H,6-9,11-12H2,1-3H3. The third-order valence-corrected chi connectivity index (χ3v) is 3.59. The summed E-state index contributed by atoms with van der Waals surface area (Å²) in [6, 6.07) is 5.45. The topological polar surface area (TPSA) is 33.7 Å². The summed E-state index contributed by atoms with van der Waals surface area (Å²) in [7, 11) is 1.67. The number of halogens is 1. The van der Waals surface area contributed by atoms with E-state index < -0.39 is 0 Å². The molecule has 1 fully saturated rings. The van der Waals surface area contributed by atoms with Crippen molar-refractivity contribution in [3.05, 3.63) is 29.6 Å². The van der Waals surface area contributed by atoms with Gasteiger partial charge in [-0.2, -0.15) is 0 Å². The van der Waals surface area contributed by atoms with Crippen molar-refractivity contribution in [3.63, 3.8) is 0 Å². The maximum Gasteiger partial charge on any atom is 0.146 e. The maximum absolute atomic E-state index is 14.3. The van der Waals surface area contributed by atoms with Gasteiger partial charge in [0, 0.05) is 33.3 Å². The molecule has 0 bridgehead atoms. The summed E-state index contributed by atoms with van der Waals surface area (Å²) >= 11 is 0. The van der Waals surface area contributed by atoms with Crippen molar-refractivity contribution in [1.82, 2.24) is 5.32 Å². The molecule has 0 saturated carbocycles. The summed E-state index contributed by atoms with van der Waals surface area (Å²) in [5.74, 6) is -0.168. The van der Waals surface area contributed by atoms with Crippen LogP contribution >= 0.6 is 0 Å². The molecule has 1 aromatic rings. The SMILES string of the molecule is COCCNCc1ccc(N2CCOC(C)(C)C2)c(F)c1. The molecule has 118 valence electrons. The number of anilines is 1. The lowest BCUT2D eigenvalue weighted by atomic mass is 10.1. The van der Waals surface area contributed by atoms with Crippen LogP contribution in [0, 0.1) is 5.82 Å². The van der Waals surface area contributed by atoms with Crippen molar-refractivity contribution in [2.45, 2.75) is 26.0 Å². The van der Waals surface area contributed by atoms with Crippen molar-refractivity contribution < 1.29 is 13.9 Å². The zero-order valence-electron chi connectivity index (χ0n) is 13.1. The lowest BCUT2D eigenvalue weighted by molar-refractivity contribution is -0.0278. The van der Waals surface area contributed by atoms with Crippen LogP contribution in [0.15, 0.2) is 18.2 Å². The quantitative estimate of drug-likeness (QED) is 0.816. The van der Waals surface area contributed by atoms with E-state index in [2.05, 4.69) is 10.2 Å². The molecule has 0 atom stereocenters. The van der Waals surface area contributed by atoms with Gasteiger partial charge in [0.25, 0.3) is 0 Å². The molecule has 0 spiro atoms. The van der Waals surface area contributed by atoms with Crippen LogP contribution < -0.4 is 10.2 Å². The molecular formula is C16H25FN2O2. The molecule has 0 aliphatic carbocycles. The van der Waals surface area contributed by atoms with Gasteiger partial charge in [-0.15, -0.1) is 0 Å². The lowest BCUT2D eigenvalue weighted by Gasteiger charge is -2.39. The number of hydrogen-bond donors (Lipinski definition) is 1.